The molecule has 3 aromatic rings. The van der Waals surface area contributed by atoms with Crippen LogP contribution in [-0.2, 0) is 0 Å². The summed E-state index contributed by atoms with van der Waals surface area (Å²) in [5.41, 5.74) is 3.43. The van der Waals surface area contributed by atoms with E-state index < -0.39 is 24.7 Å². The maximum Gasteiger partial charge on any atom is 1.00 e. The van der Waals surface area contributed by atoms with E-state index in [-0.39, 0.29) is 36.5 Å². The molecular weight excluding hydrogens is 501 g/mol. The number of carbonyl (C=O) groups is 3. The number of nitrogens with one attached hydrogen (secondary N) is 1. The van der Waals surface area contributed by atoms with Gasteiger partial charge in [0, 0.05) is 54.9 Å². The van der Waals surface area contributed by atoms with E-state index in [0.717, 1.165) is 26.1 Å². The summed E-state index contributed by atoms with van der Waals surface area (Å²) in [5.74, 6) is -0.606. The number of hydrogen-bond acceptors (Lipinski definition) is 6. The van der Waals surface area contributed by atoms with Gasteiger partial charge in [0.2, 0.25) is 0 Å². The van der Waals surface area contributed by atoms with Gasteiger partial charge in [-0.3, -0.25) is 9.69 Å². The zero-order valence-electron chi connectivity index (χ0n) is 22.4. The van der Waals surface area contributed by atoms with Crippen LogP contribution in [0.2, 0.25) is 0 Å². The van der Waals surface area contributed by atoms with Gasteiger partial charge in [-0.1, -0.05) is 30.0 Å². The third-order valence-corrected chi connectivity index (χ3v) is 6.79. The van der Waals surface area contributed by atoms with Gasteiger partial charge in [0.05, 0.1) is 11.4 Å². The topological polar surface area (TPSA) is 96.4 Å². The number of hydrogen-bond donors (Lipinski definition) is 2. The van der Waals surface area contributed by atoms with Crippen molar-refractivity contribution in [2.45, 2.75) is 9.79 Å². The van der Waals surface area contributed by atoms with E-state index in [1.807, 2.05) is 74.4 Å². The van der Waals surface area contributed by atoms with Crippen molar-refractivity contribution >= 4 is 52.5 Å². The fraction of sp³-hybridized carbons (Fsp3) is 0.192. The molecule has 4 amide bonds. The normalized spacial score (nSPS) is 11.4. The second-order valence-corrected chi connectivity index (χ2v) is 9.64. The van der Waals surface area contributed by atoms with Crippen LogP contribution in [0.15, 0.2) is 76.5 Å². The van der Waals surface area contributed by atoms with Gasteiger partial charge in [0.1, 0.15) is 6.67 Å². The van der Waals surface area contributed by atoms with Crippen LogP contribution in [-0.4, -0.2) is 62.9 Å². The molecule has 11 heteroatoms. The summed E-state index contributed by atoms with van der Waals surface area (Å²) in [6, 6.07) is 19.1. The molecule has 0 atom stereocenters. The number of carboxylic acid groups (broad SMARTS) is 1. The molecule has 0 aliphatic carbocycles. The SMILES string of the molecule is CN(C)c1ccc2c(c1)Sc1cc(N(C)C)ccc1N2C(=O)N(CNC(=O)O)C(=O)c1ccccc1.[H-].[Na+]. The number of benzene rings is 3. The van der Waals surface area contributed by atoms with Crippen molar-refractivity contribution in [1.29, 1.82) is 0 Å². The standard InChI is InChI=1S/C26H27N5O4S.Na.H/c1-28(2)18-10-12-20-22(14-18)36-23-15-19(29(3)4)11-13-21(23)31(20)26(35)30(16-27-25(33)34)24(32)17-8-6-5-7-9-17;;/h5-15,27H,16H2,1-4H3,(H,33,34);;/q;+1;-1. The van der Waals surface area contributed by atoms with Gasteiger partial charge in [-0.25, -0.2) is 14.5 Å². The van der Waals surface area contributed by atoms with Gasteiger partial charge >= 0.3 is 41.7 Å². The third kappa shape index (κ3) is 6.04. The number of nitrogens with zero attached hydrogens (tertiary/aromatic N) is 4. The second kappa shape index (κ2) is 11.9. The minimum atomic E-state index is -1.34. The Morgan fingerprint density at radius 2 is 1.38 bits per heavy atom. The molecule has 3 aromatic carbocycles. The van der Waals surface area contributed by atoms with E-state index in [2.05, 4.69) is 5.32 Å². The van der Waals surface area contributed by atoms with Crippen molar-refractivity contribution in [3.63, 3.8) is 0 Å². The minimum absolute atomic E-state index is 0. The van der Waals surface area contributed by atoms with E-state index in [0.29, 0.717) is 11.4 Å². The van der Waals surface area contributed by atoms with Crippen LogP contribution in [0.1, 0.15) is 11.8 Å². The molecule has 37 heavy (non-hydrogen) atoms. The molecule has 188 valence electrons. The molecule has 0 spiro atoms. The average Bonchev–Trinajstić information content (AvgIpc) is 2.86. The summed E-state index contributed by atoms with van der Waals surface area (Å²) in [5, 5.41) is 11.4. The average molecular weight is 530 g/mol. The molecule has 0 saturated carbocycles. The minimum Gasteiger partial charge on any atom is -1.00 e. The summed E-state index contributed by atoms with van der Waals surface area (Å²) in [7, 11) is 7.75. The van der Waals surface area contributed by atoms with E-state index in [4.69, 9.17) is 0 Å². The quantitative estimate of drug-likeness (QED) is 0.386. The molecule has 4 rings (SSSR count). The molecule has 0 bridgehead atoms. The fourth-order valence-electron chi connectivity index (χ4n) is 3.78. The Morgan fingerprint density at radius 3 is 1.84 bits per heavy atom. The van der Waals surface area contributed by atoms with Gasteiger partial charge in [-0.15, -0.1) is 0 Å². The number of carbonyl (C=O) groups excluding carboxylic acids is 2. The Labute approximate surface area is 243 Å². The molecule has 0 radical (unpaired) electrons. The Balaban J connectivity index is 0.00000253. The van der Waals surface area contributed by atoms with Crippen molar-refractivity contribution in [3.05, 3.63) is 72.3 Å². The summed E-state index contributed by atoms with van der Waals surface area (Å²) in [4.78, 5) is 46.7. The molecule has 1 heterocycles. The number of fused-ring (bicyclic) bond motifs is 2. The van der Waals surface area contributed by atoms with Gasteiger partial charge in [-0.05, 0) is 48.5 Å². The van der Waals surface area contributed by atoms with Crippen LogP contribution in [0, 0.1) is 0 Å². The molecule has 0 saturated heterocycles. The van der Waals surface area contributed by atoms with Crippen LogP contribution >= 0.6 is 11.8 Å². The van der Waals surface area contributed by atoms with E-state index >= 15 is 0 Å². The second-order valence-electron chi connectivity index (χ2n) is 8.55. The molecule has 1 aliphatic rings. The summed E-state index contributed by atoms with van der Waals surface area (Å²) < 4.78 is 0. The monoisotopic (exact) mass is 529 g/mol. The first-order valence-electron chi connectivity index (χ1n) is 11.2. The van der Waals surface area contributed by atoms with Crippen LogP contribution < -0.4 is 49.6 Å². The third-order valence-electron chi connectivity index (χ3n) is 5.70. The summed E-state index contributed by atoms with van der Waals surface area (Å²) in [6.07, 6.45) is -1.34. The van der Waals surface area contributed by atoms with Crippen molar-refractivity contribution in [3.8, 4) is 0 Å². The molecular formula is C26H28N5NaO4S. The molecule has 1 aliphatic heterocycles. The van der Waals surface area contributed by atoms with Crippen molar-refractivity contribution < 1.29 is 50.5 Å². The Bertz CT molecular complexity index is 1270. The largest absolute Gasteiger partial charge is 1.00 e. The van der Waals surface area contributed by atoms with E-state index in [1.54, 1.807) is 42.1 Å². The number of urea groups is 1. The fourth-order valence-corrected chi connectivity index (χ4v) is 4.90. The zero-order valence-corrected chi connectivity index (χ0v) is 24.2. The molecule has 0 aromatic heterocycles. The van der Waals surface area contributed by atoms with Crippen molar-refractivity contribution in [2.24, 2.45) is 0 Å². The van der Waals surface area contributed by atoms with E-state index in [9.17, 15) is 19.5 Å². The number of amides is 4. The molecule has 0 fully saturated rings. The van der Waals surface area contributed by atoms with Gasteiger partial charge in [0.25, 0.3) is 5.91 Å². The van der Waals surface area contributed by atoms with Crippen LogP contribution in [0.4, 0.5) is 32.3 Å². The maximum absolute atomic E-state index is 14.1. The van der Waals surface area contributed by atoms with Crippen LogP contribution in [0.25, 0.3) is 0 Å². The number of rotatable bonds is 5. The maximum atomic E-state index is 14.1. The predicted octanol–water partition coefficient (Wildman–Crippen LogP) is 2.03. The van der Waals surface area contributed by atoms with Gasteiger partial charge < -0.3 is 21.6 Å². The first-order valence-corrected chi connectivity index (χ1v) is 12.0. The van der Waals surface area contributed by atoms with Crippen LogP contribution in [0.5, 0.6) is 0 Å². The Morgan fingerprint density at radius 1 is 0.865 bits per heavy atom. The van der Waals surface area contributed by atoms with Crippen molar-refractivity contribution in [2.75, 3.05) is 49.6 Å². The zero-order chi connectivity index (χ0) is 26.0. The Kier molecular flexibility index (Phi) is 9.14. The molecule has 0 unspecified atom stereocenters. The number of imide groups is 1. The number of anilines is 4. The summed E-state index contributed by atoms with van der Waals surface area (Å²) >= 11 is 1.54. The molecule has 9 nitrogen and oxygen atoms in total. The van der Waals surface area contributed by atoms with Gasteiger partial charge in [0.15, 0.2) is 0 Å². The smallest absolute Gasteiger partial charge is 1.00 e. The first-order chi connectivity index (χ1) is 17.2. The Hall–Kier alpha value is -3.18. The van der Waals surface area contributed by atoms with Crippen molar-refractivity contribution in [1.82, 2.24) is 10.2 Å². The first kappa shape index (κ1) is 28.4. The summed E-state index contributed by atoms with van der Waals surface area (Å²) in [6.45, 7) is -0.498. The predicted molar refractivity (Wildman–Crippen MR) is 143 cm³/mol. The van der Waals surface area contributed by atoms with Crippen LogP contribution in [0.3, 0.4) is 0 Å². The molecule has 2 N–H and O–H groups in total. The van der Waals surface area contributed by atoms with E-state index in [1.165, 1.54) is 4.90 Å². The van der Waals surface area contributed by atoms with Gasteiger partial charge in [-0.2, -0.15) is 0 Å².